The van der Waals surface area contributed by atoms with E-state index in [1.165, 1.54) is 19.3 Å². The summed E-state index contributed by atoms with van der Waals surface area (Å²) in [4.78, 5) is 4.61. The summed E-state index contributed by atoms with van der Waals surface area (Å²) in [6.07, 6.45) is 3.29. The maximum atomic E-state index is 9.64. The van der Waals surface area contributed by atoms with Crippen molar-refractivity contribution < 1.29 is 5.11 Å². The van der Waals surface area contributed by atoms with E-state index in [4.69, 9.17) is 11.6 Å². The van der Waals surface area contributed by atoms with Crippen molar-refractivity contribution in [2.45, 2.75) is 37.8 Å². The summed E-state index contributed by atoms with van der Waals surface area (Å²) in [7, 11) is 6.43. The molecule has 1 aliphatic rings. The standard InChI is InChI=1S/C16H25ClN2O/c1-12(20)14-7-6-13(10-15(14)17)19(4)11-16(18(2)3)8-5-9-16/h6-7,10,12,20H,5,8-9,11H2,1-4H3. The molecule has 1 unspecified atom stereocenters. The highest BCUT2D eigenvalue weighted by atomic mass is 35.5. The minimum Gasteiger partial charge on any atom is -0.389 e. The molecule has 0 aromatic heterocycles. The van der Waals surface area contributed by atoms with Crippen LogP contribution in [0.1, 0.15) is 37.9 Å². The van der Waals surface area contributed by atoms with Gasteiger partial charge in [0.1, 0.15) is 0 Å². The van der Waals surface area contributed by atoms with E-state index in [9.17, 15) is 5.11 Å². The Hall–Kier alpha value is -0.770. The zero-order valence-electron chi connectivity index (χ0n) is 12.9. The number of benzene rings is 1. The Morgan fingerprint density at radius 2 is 1.95 bits per heavy atom. The molecule has 0 saturated heterocycles. The smallest absolute Gasteiger partial charge is 0.0776 e. The van der Waals surface area contributed by atoms with Gasteiger partial charge in [-0.15, -0.1) is 0 Å². The van der Waals surface area contributed by atoms with Gasteiger partial charge in [-0.3, -0.25) is 0 Å². The molecule has 112 valence electrons. The summed E-state index contributed by atoms with van der Waals surface area (Å²) >= 11 is 6.25. The molecule has 0 bridgehead atoms. The van der Waals surface area contributed by atoms with E-state index in [0.717, 1.165) is 17.8 Å². The van der Waals surface area contributed by atoms with Gasteiger partial charge in [-0.1, -0.05) is 17.7 Å². The molecule has 1 fully saturated rings. The fourth-order valence-corrected chi connectivity index (χ4v) is 3.29. The zero-order valence-corrected chi connectivity index (χ0v) is 13.6. The van der Waals surface area contributed by atoms with Crippen LogP contribution in [0.4, 0.5) is 5.69 Å². The molecular formula is C16H25ClN2O. The summed E-state index contributed by atoms with van der Waals surface area (Å²) in [5.41, 5.74) is 2.19. The predicted molar refractivity (Wildman–Crippen MR) is 85.6 cm³/mol. The first-order chi connectivity index (χ1) is 9.35. The van der Waals surface area contributed by atoms with Crippen molar-refractivity contribution in [3.63, 3.8) is 0 Å². The first-order valence-corrected chi connectivity index (χ1v) is 7.59. The number of aliphatic hydroxyl groups is 1. The lowest BCUT2D eigenvalue weighted by atomic mass is 9.75. The summed E-state index contributed by atoms with van der Waals surface area (Å²) in [6.45, 7) is 2.74. The van der Waals surface area contributed by atoms with Crippen molar-refractivity contribution in [3.05, 3.63) is 28.8 Å². The molecule has 2 rings (SSSR count). The molecule has 4 heteroatoms. The molecule has 1 atom stereocenters. The van der Waals surface area contributed by atoms with E-state index in [-0.39, 0.29) is 0 Å². The number of anilines is 1. The quantitative estimate of drug-likeness (QED) is 0.903. The van der Waals surface area contributed by atoms with E-state index in [1.807, 2.05) is 18.2 Å². The van der Waals surface area contributed by atoms with Crippen LogP contribution in [-0.2, 0) is 0 Å². The van der Waals surface area contributed by atoms with Gasteiger partial charge in [-0.05, 0) is 58.0 Å². The number of hydrogen-bond donors (Lipinski definition) is 1. The van der Waals surface area contributed by atoms with Crippen LogP contribution in [0.2, 0.25) is 5.02 Å². The van der Waals surface area contributed by atoms with Crippen LogP contribution in [0.15, 0.2) is 18.2 Å². The van der Waals surface area contributed by atoms with Gasteiger partial charge in [0.05, 0.1) is 6.10 Å². The van der Waals surface area contributed by atoms with Crippen LogP contribution in [-0.4, -0.2) is 43.2 Å². The summed E-state index contributed by atoms with van der Waals surface area (Å²) in [5.74, 6) is 0. The third kappa shape index (κ3) is 2.95. The lowest BCUT2D eigenvalue weighted by Gasteiger charge is -2.49. The molecule has 0 aliphatic heterocycles. The van der Waals surface area contributed by atoms with Gasteiger partial charge in [0, 0.05) is 29.8 Å². The Bertz CT molecular complexity index is 470. The Balaban J connectivity index is 2.13. The second kappa shape index (κ2) is 5.92. The predicted octanol–water partition coefficient (Wildman–Crippen LogP) is 3.31. The van der Waals surface area contributed by atoms with E-state index in [0.29, 0.717) is 10.6 Å². The van der Waals surface area contributed by atoms with E-state index < -0.39 is 6.10 Å². The number of nitrogens with zero attached hydrogens (tertiary/aromatic N) is 2. The fraction of sp³-hybridized carbons (Fsp3) is 0.625. The van der Waals surface area contributed by atoms with Crippen LogP contribution in [0, 0.1) is 0 Å². The number of likely N-dealkylation sites (N-methyl/N-ethyl adjacent to an activating group) is 2. The zero-order chi connectivity index (χ0) is 14.9. The largest absolute Gasteiger partial charge is 0.389 e. The third-order valence-corrected chi connectivity index (χ3v) is 4.97. The Morgan fingerprint density at radius 3 is 2.35 bits per heavy atom. The molecule has 1 aromatic carbocycles. The normalized spacial score (nSPS) is 18.8. The van der Waals surface area contributed by atoms with E-state index in [1.54, 1.807) is 6.92 Å². The van der Waals surface area contributed by atoms with Gasteiger partial charge in [0.15, 0.2) is 0 Å². The van der Waals surface area contributed by atoms with Crippen LogP contribution >= 0.6 is 11.6 Å². The fourth-order valence-electron chi connectivity index (χ4n) is 2.96. The second-order valence-corrected chi connectivity index (χ2v) is 6.62. The van der Waals surface area contributed by atoms with Crippen LogP contribution in [0.5, 0.6) is 0 Å². The number of rotatable bonds is 5. The van der Waals surface area contributed by atoms with Crippen LogP contribution in [0.3, 0.4) is 0 Å². The second-order valence-electron chi connectivity index (χ2n) is 6.21. The third-order valence-electron chi connectivity index (χ3n) is 4.64. The van der Waals surface area contributed by atoms with Crippen molar-refractivity contribution in [1.29, 1.82) is 0 Å². The number of aliphatic hydroxyl groups excluding tert-OH is 1. The molecule has 1 aliphatic carbocycles. The molecule has 0 heterocycles. The van der Waals surface area contributed by atoms with Gasteiger partial charge in [-0.2, -0.15) is 0 Å². The number of hydrogen-bond acceptors (Lipinski definition) is 3. The topological polar surface area (TPSA) is 26.7 Å². The molecule has 1 aromatic rings. The Morgan fingerprint density at radius 1 is 1.30 bits per heavy atom. The lowest BCUT2D eigenvalue weighted by Crippen LogP contribution is -2.56. The van der Waals surface area contributed by atoms with E-state index >= 15 is 0 Å². The average Bonchev–Trinajstić information content (AvgIpc) is 2.32. The molecule has 0 amide bonds. The molecular weight excluding hydrogens is 272 g/mol. The lowest BCUT2D eigenvalue weighted by molar-refractivity contribution is 0.0683. The van der Waals surface area contributed by atoms with Crippen molar-refractivity contribution in [2.75, 3.05) is 32.6 Å². The van der Waals surface area contributed by atoms with Crippen molar-refractivity contribution >= 4 is 17.3 Å². The molecule has 3 nitrogen and oxygen atoms in total. The van der Waals surface area contributed by atoms with Gasteiger partial charge in [-0.25, -0.2) is 0 Å². The molecule has 1 N–H and O–H groups in total. The minimum absolute atomic E-state index is 0.296. The Kier molecular flexibility index (Phi) is 4.62. The minimum atomic E-state index is -0.526. The van der Waals surface area contributed by atoms with E-state index in [2.05, 4.69) is 30.9 Å². The first kappa shape index (κ1) is 15.6. The maximum absolute atomic E-state index is 9.64. The van der Waals surface area contributed by atoms with Crippen LogP contribution in [0.25, 0.3) is 0 Å². The molecule has 20 heavy (non-hydrogen) atoms. The van der Waals surface area contributed by atoms with Gasteiger partial charge in [0.25, 0.3) is 0 Å². The molecule has 0 spiro atoms. The molecule has 1 saturated carbocycles. The number of halogens is 1. The Labute approximate surface area is 127 Å². The highest BCUT2D eigenvalue weighted by Crippen LogP contribution is 2.38. The first-order valence-electron chi connectivity index (χ1n) is 7.22. The van der Waals surface area contributed by atoms with Gasteiger partial charge in [0.2, 0.25) is 0 Å². The maximum Gasteiger partial charge on any atom is 0.0776 e. The van der Waals surface area contributed by atoms with Crippen molar-refractivity contribution in [2.24, 2.45) is 0 Å². The molecule has 0 radical (unpaired) electrons. The summed E-state index contributed by atoms with van der Waals surface area (Å²) in [5, 5.41) is 10.3. The average molecular weight is 297 g/mol. The monoisotopic (exact) mass is 296 g/mol. The summed E-state index contributed by atoms with van der Waals surface area (Å²) < 4.78 is 0. The summed E-state index contributed by atoms with van der Waals surface area (Å²) in [6, 6.07) is 5.91. The van der Waals surface area contributed by atoms with Gasteiger partial charge < -0.3 is 14.9 Å². The SMILES string of the molecule is CC(O)c1ccc(N(C)CC2(N(C)C)CCC2)cc1Cl. The van der Waals surface area contributed by atoms with Crippen LogP contribution < -0.4 is 4.90 Å². The van der Waals surface area contributed by atoms with Crippen molar-refractivity contribution in [1.82, 2.24) is 4.90 Å². The van der Waals surface area contributed by atoms with Crippen molar-refractivity contribution in [3.8, 4) is 0 Å². The van der Waals surface area contributed by atoms with Gasteiger partial charge >= 0.3 is 0 Å². The highest BCUT2D eigenvalue weighted by molar-refractivity contribution is 6.31. The highest BCUT2D eigenvalue weighted by Gasteiger charge is 2.39.